The third kappa shape index (κ3) is 3.37. The number of benzene rings is 1. The average Bonchev–Trinajstić information content (AvgIpc) is 2.47. The standard InChI is InChI=1S/C14H20IN/c1-11-5-4-6-12(10-9-11)16-14-8-3-2-7-13(14)15/h2-3,7-8,11-12,16H,4-6,9-10H2,1H3. The zero-order valence-electron chi connectivity index (χ0n) is 9.88. The molecule has 0 saturated heterocycles. The van der Waals surface area contributed by atoms with Gasteiger partial charge >= 0.3 is 0 Å². The van der Waals surface area contributed by atoms with Gasteiger partial charge in [0.25, 0.3) is 0 Å². The summed E-state index contributed by atoms with van der Waals surface area (Å²) in [5.74, 6) is 0.918. The van der Waals surface area contributed by atoms with E-state index >= 15 is 0 Å². The van der Waals surface area contributed by atoms with Crippen LogP contribution in [0.4, 0.5) is 5.69 Å². The van der Waals surface area contributed by atoms with E-state index in [2.05, 4.69) is 59.1 Å². The first-order valence-corrected chi connectivity index (χ1v) is 7.34. The van der Waals surface area contributed by atoms with Crippen molar-refractivity contribution in [2.75, 3.05) is 5.32 Å². The molecule has 0 aliphatic heterocycles. The zero-order chi connectivity index (χ0) is 11.4. The van der Waals surface area contributed by atoms with Crippen LogP contribution >= 0.6 is 22.6 Å². The highest BCUT2D eigenvalue weighted by Gasteiger charge is 2.16. The number of halogens is 1. The van der Waals surface area contributed by atoms with Crippen molar-refractivity contribution < 1.29 is 0 Å². The first-order valence-electron chi connectivity index (χ1n) is 6.27. The molecule has 2 heteroatoms. The van der Waals surface area contributed by atoms with E-state index in [1.54, 1.807) is 0 Å². The summed E-state index contributed by atoms with van der Waals surface area (Å²) in [6, 6.07) is 9.26. The van der Waals surface area contributed by atoms with Crippen molar-refractivity contribution in [2.45, 2.75) is 45.1 Å². The molecule has 0 aromatic heterocycles. The van der Waals surface area contributed by atoms with Gasteiger partial charge in [0.05, 0.1) is 0 Å². The molecule has 2 atom stereocenters. The van der Waals surface area contributed by atoms with Crippen molar-refractivity contribution in [3.63, 3.8) is 0 Å². The van der Waals surface area contributed by atoms with E-state index in [0.29, 0.717) is 6.04 Å². The Bertz CT molecular complexity index is 337. The highest BCUT2D eigenvalue weighted by atomic mass is 127. The maximum absolute atomic E-state index is 3.70. The van der Waals surface area contributed by atoms with E-state index in [1.807, 2.05) is 0 Å². The summed E-state index contributed by atoms with van der Waals surface area (Å²) in [6.45, 7) is 2.38. The van der Waals surface area contributed by atoms with Crippen LogP contribution in [0, 0.1) is 9.49 Å². The SMILES string of the molecule is CC1CCCC(Nc2ccccc2I)CC1. The van der Waals surface area contributed by atoms with Crippen LogP contribution in [0.25, 0.3) is 0 Å². The molecule has 1 aromatic rings. The number of hydrogen-bond donors (Lipinski definition) is 1. The summed E-state index contributed by atoms with van der Waals surface area (Å²) < 4.78 is 1.33. The third-order valence-electron chi connectivity index (χ3n) is 3.49. The molecule has 2 unspecified atom stereocenters. The van der Waals surface area contributed by atoms with Crippen LogP contribution in [0.2, 0.25) is 0 Å². The monoisotopic (exact) mass is 329 g/mol. The van der Waals surface area contributed by atoms with Gasteiger partial charge in [-0.2, -0.15) is 0 Å². The molecule has 1 fully saturated rings. The number of nitrogens with one attached hydrogen (secondary N) is 1. The fourth-order valence-electron chi connectivity index (χ4n) is 2.43. The molecule has 2 rings (SSSR count). The smallest absolute Gasteiger partial charge is 0.0478 e. The van der Waals surface area contributed by atoms with E-state index in [-0.39, 0.29) is 0 Å². The molecule has 88 valence electrons. The predicted octanol–water partition coefficient (Wildman–Crippen LogP) is 4.67. The summed E-state index contributed by atoms with van der Waals surface area (Å²) in [6.07, 6.45) is 6.81. The normalized spacial score (nSPS) is 26.1. The summed E-state index contributed by atoms with van der Waals surface area (Å²) >= 11 is 2.41. The lowest BCUT2D eigenvalue weighted by Gasteiger charge is -2.18. The molecule has 1 saturated carbocycles. The average molecular weight is 329 g/mol. The van der Waals surface area contributed by atoms with Gasteiger partial charge in [0.15, 0.2) is 0 Å². The van der Waals surface area contributed by atoms with Crippen molar-refractivity contribution in [1.29, 1.82) is 0 Å². The lowest BCUT2D eigenvalue weighted by molar-refractivity contribution is 0.502. The molecule has 0 bridgehead atoms. The van der Waals surface area contributed by atoms with Crippen LogP contribution < -0.4 is 5.32 Å². The van der Waals surface area contributed by atoms with Gasteiger partial charge in [0, 0.05) is 15.3 Å². The summed E-state index contributed by atoms with van der Waals surface area (Å²) in [5, 5.41) is 3.70. The highest BCUT2D eigenvalue weighted by molar-refractivity contribution is 14.1. The quantitative estimate of drug-likeness (QED) is 0.614. The van der Waals surface area contributed by atoms with Gasteiger partial charge in [-0.05, 0) is 59.9 Å². The van der Waals surface area contributed by atoms with Crippen LogP contribution in [-0.4, -0.2) is 6.04 Å². The van der Waals surface area contributed by atoms with E-state index in [4.69, 9.17) is 0 Å². The van der Waals surface area contributed by atoms with Gasteiger partial charge in [-0.15, -0.1) is 0 Å². The maximum atomic E-state index is 3.70. The molecule has 0 heterocycles. The maximum Gasteiger partial charge on any atom is 0.0478 e. The van der Waals surface area contributed by atoms with E-state index < -0.39 is 0 Å². The minimum atomic E-state index is 0.681. The van der Waals surface area contributed by atoms with Gasteiger partial charge in [-0.1, -0.05) is 31.9 Å². The molecule has 1 aliphatic carbocycles. The Kier molecular flexibility index (Phi) is 4.50. The van der Waals surface area contributed by atoms with Crippen molar-refractivity contribution in [3.8, 4) is 0 Å². The topological polar surface area (TPSA) is 12.0 Å². The molecule has 0 radical (unpaired) electrons. The Hall–Kier alpha value is -0.250. The largest absolute Gasteiger partial charge is 0.381 e. The number of hydrogen-bond acceptors (Lipinski definition) is 1. The van der Waals surface area contributed by atoms with Crippen molar-refractivity contribution >= 4 is 28.3 Å². The van der Waals surface area contributed by atoms with E-state index in [9.17, 15) is 0 Å². The third-order valence-corrected chi connectivity index (χ3v) is 4.43. The van der Waals surface area contributed by atoms with Gasteiger partial charge in [0.1, 0.15) is 0 Å². The van der Waals surface area contributed by atoms with Gasteiger partial charge in [-0.3, -0.25) is 0 Å². The molecule has 1 aromatic carbocycles. The fraction of sp³-hybridized carbons (Fsp3) is 0.571. The number of anilines is 1. The lowest BCUT2D eigenvalue weighted by Crippen LogP contribution is -2.18. The highest BCUT2D eigenvalue weighted by Crippen LogP contribution is 2.26. The second-order valence-electron chi connectivity index (χ2n) is 4.93. The molecule has 1 N–H and O–H groups in total. The van der Waals surface area contributed by atoms with Crippen LogP contribution in [-0.2, 0) is 0 Å². The second kappa shape index (κ2) is 5.89. The Balaban J connectivity index is 1.96. The molecule has 1 aliphatic rings. The van der Waals surface area contributed by atoms with Crippen LogP contribution in [0.15, 0.2) is 24.3 Å². The lowest BCUT2D eigenvalue weighted by atomic mass is 10.0. The van der Waals surface area contributed by atoms with E-state index in [0.717, 1.165) is 5.92 Å². The first kappa shape index (κ1) is 12.2. The fourth-order valence-corrected chi connectivity index (χ4v) is 2.97. The number of para-hydroxylation sites is 1. The predicted molar refractivity (Wildman–Crippen MR) is 78.8 cm³/mol. The van der Waals surface area contributed by atoms with Gasteiger partial charge in [-0.25, -0.2) is 0 Å². The van der Waals surface area contributed by atoms with Crippen LogP contribution in [0.1, 0.15) is 39.0 Å². The molecule has 16 heavy (non-hydrogen) atoms. The summed E-state index contributed by atoms with van der Waals surface area (Å²) in [5.41, 5.74) is 1.31. The summed E-state index contributed by atoms with van der Waals surface area (Å²) in [7, 11) is 0. The van der Waals surface area contributed by atoms with Crippen molar-refractivity contribution in [1.82, 2.24) is 0 Å². The van der Waals surface area contributed by atoms with Gasteiger partial charge < -0.3 is 5.32 Å². The first-order chi connectivity index (χ1) is 7.75. The molecule has 1 nitrogen and oxygen atoms in total. The minimum Gasteiger partial charge on any atom is -0.381 e. The van der Waals surface area contributed by atoms with E-state index in [1.165, 1.54) is 41.4 Å². The molecule has 0 amide bonds. The minimum absolute atomic E-state index is 0.681. The molecule has 0 spiro atoms. The molecular formula is C14H20IN. The second-order valence-corrected chi connectivity index (χ2v) is 6.10. The Labute approximate surface area is 112 Å². The van der Waals surface area contributed by atoms with Crippen molar-refractivity contribution in [2.24, 2.45) is 5.92 Å². The zero-order valence-corrected chi connectivity index (χ0v) is 12.0. The Morgan fingerprint density at radius 2 is 1.94 bits per heavy atom. The molecular weight excluding hydrogens is 309 g/mol. The number of rotatable bonds is 2. The van der Waals surface area contributed by atoms with Gasteiger partial charge in [0.2, 0.25) is 0 Å². The van der Waals surface area contributed by atoms with Crippen LogP contribution in [0.5, 0.6) is 0 Å². The Morgan fingerprint density at radius 3 is 2.75 bits per heavy atom. The Morgan fingerprint density at radius 1 is 1.12 bits per heavy atom. The van der Waals surface area contributed by atoms with Crippen molar-refractivity contribution in [3.05, 3.63) is 27.8 Å². The summed E-state index contributed by atoms with van der Waals surface area (Å²) in [4.78, 5) is 0. The van der Waals surface area contributed by atoms with Crippen LogP contribution in [0.3, 0.4) is 0 Å².